The van der Waals surface area contributed by atoms with Gasteiger partial charge in [-0.3, -0.25) is 0 Å². The third-order valence-corrected chi connectivity index (χ3v) is 4.00. The summed E-state index contributed by atoms with van der Waals surface area (Å²) in [6.07, 6.45) is 0. The van der Waals surface area contributed by atoms with E-state index in [1.165, 1.54) is 18.2 Å². The van der Waals surface area contributed by atoms with Gasteiger partial charge in [-0.15, -0.1) is 0 Å². The van der Waals surface area contributed by atoms with Crippen molar-refractivity contribution in [2.24, 2.45) is 0 Å². The van der Waals surface area contributed by atoms with Gasteiger partial charge in [0.05, 0.1) is 0 Å². The maximum absolute atomic E-state index is 13.0. The quantitative estimate of drug-likeness (QED) is 0.463. The topological polar surface area (TPSA) is 116 Å². The average molecular weight is 405 g/mol. The van der Waals surface area contributed by atoms with Gasteiger partial charge in [-0.25, -0.2) is 9.18 Å². The number of nitrogen functional groups attached to an aromatic ring is 1. The van der Waals surface area contributed by atoms with Gasteiger partial charge >= 0.3 is 5.97 Å². The van der Waals surface area contributed by atoms with Crippen molar-refractivity contribution in [2.45, 2.75) is 6.61 Å². The number of nitrogens with one attached hydrogen (secondary N) is 1. The van der Waals surface area contributed by atoms with Gasteiger partial charge in [0.1, 0.15) is 11.6 Å². The smallest absolute Gasteiger partial charge is 0.374 e. The Morgan fingerprint density at radius 1 is 1.00 bits per heavy atom. The van der Waals surface area contributed by atoms with E-state index in [4.69, 9.17) is 14.9 Å². The van der Waals surface area contributed by atoms with E-state index in [0.717, 1.165) is 5.69 Å². The molecule has 0 saturated heterocycles. The summed E-state index contributed by atoms with van der Waals surface area (Å²) in [6, 6.07) is 18.1. The van der Waals surface area contributed by atoms with Crippen LogP contribution >= 0.6 is 0 Å². The lowest BCUT2D eigenvalue weighted by molar-refractivity contribution is 0.0426. The van der Waals surface area contributed by atoms with Gasteiger partial charge in [0, 0.05) is 11.3 Å². The Bertz CT molecular complexity index is 1160. The molecule has 2 aromatic heterocycles. The van der Waals surface area contributed by atoms with Crippen LogP contribution < -0.4 is 11.1 Å². The summed E-state index contributed by atoms with van der Waals surface area (Å²) in [5.41, 5.74) is 7.13. The number of hydrogen-bond donors (Lipinski definition) is 2. The zero-order chi connectivity index (χ0) is 20.9. The zero-order valence-electron chi connectivity index (χ0n) is 15.6. The van der Waals surface area contributed by atoms with Crippen LogP contribution in [0.5, 0.6) is 0 Å². The summed E-state index contributed by atoms with van der Waals surface area (Å²) in [6.45, 7) is -0.221. The first kappa shape index (κ1) is 19.1. The van der Waals surface area contributed by atoms with Gasteiger partial charge < -0.3 is 20.2 Å². The first-order chi connectivity index (χ1) is 14.6. The van der Waals surface area contributed by atoms with Gasteiger partial charge in [0.25, 0.3) is 0 Å². The molecular weight excluding hydrogens is 389 g/mol. The summed E-state index contributed by atoms with van der Waals surface area (Å²) in [4.78, 5) is 24.5. The van der Waals surface area contributed by atoms with E-state index in [0.29, 0.717) is 11.3 Å². The maximum Gasteiger partial charge on any atom is 0.374 e. The van der Waals surface area contributed by atoms with Crippen molar-refractivity contribution in [2.75, 3.05) is 11.1 Å². The highest BCUT2D eigenvalue weighted by atomic mass is 19.1. The van der Waals surface area contributed by atoms with Crippen molar-refractivity contribution in [3.05, 3.63) is 84.1 Å². The minimum atomic E-state index is -0.695. The highest BCUT2D eigenvalue weighted by Gasteiger charge is 2.15. The molecular formula is C21H16FN5O3. The van der Waals surface area contributed by atoms with Crippen LogP contribution in [0.4, 0.5) is 22.0 Å². The number of carbonyl (C=O) groups is 1. The predicted molar refractivity (Wildman–Crippen MR) is 107 cm³/mol. The fraction of sp³-hybridized carbons (Fsp3) is 0.0476. The molecule has 2 heterocycles. The second-order valence-electron chi connectivity index (χ2n) is 6.17. The predicted octanol–water partition coefficient (Wildman–Crippen LogP) is 3.95. The fourth-order valence-corrected chi connectivity index (χ4v) is 2.63. The number of carbonyl (C=O) groups excluding carboxylic acids is 1. The Kier molecular flexibility index (Phi) is 5.33. The van der Waals surface area contributed by atoms with E-state index in [1.807, 2.05) is 30.3 Å². The standard InChI is InChI=1S/C21H16FN5O3/c22-14-8-6-13(7-9-14)16-10-11-17(30-16)19(28)29-12-18-25-20(23)27-21(26-18)24-15-4-2-1-3-5-15/h1-11H,12H2,(H3,23,24,25,26,27). The monoisotopic (exact) mass is 405 g/mol. The number of aromatic nitrogens is 3. The number of halogens is 1. The van der Waals surface area contributed by atoms with Crippen LogP contribution in [0.15, 0.2) is 71.1 Å². The number of benzene rings is 2. The van der Waals surface area contributed by atoms with Crippen molar-refractivity contribution >= 4 is 23.6 Å². The van der Waals surface area contributed by atoms with Crippen molar-refractivity contribution in [3.8, 4) is 11.3 Å². The minimum Gasteiger partial charge on any atom is -0.452 e. The SMILES string of the molecule is Nc1nc(COC(=O)c2ccc(-c3ccc(F)cc3)o2)nc(Nc2ccccc2)n1. The first-order valence-electron chi connectivity index (χ1n) is 8.92. The molecule has 0 radical (unpaired) electrons. The Morgan fingerprint density at radius 3 is 2.53 bits per heavy atom. The number of nitrogens with zero attached hydrogens (tertiary/aromatic N) is 3. The molecule has 0 fully saturated rings. The molecule has 0 aliphatic rings. The van der Waals surface area contributed by atoms with Crippen molar-refractivity contribution < 1.29 is 18.3 Å². The molecule has 8 nitrogen and oxygen atoms in total. The zero-order valence-corrected chi connectivity index (χ0v) is 15.6. The summed E-state index contributed by atoms with van der Waals surface area (Å²) in [7, 11) is 0. The summed E-state index contributed by atoms with van der Waals surface area (Å²) < 4.78 is 23.8. The molecule has 0 aliphatic heterocycles. The van der Waals surface area contributed by atoms with Crippen molar-refractivity contribution in [3.63, 3.8) is 0 Å². The lowest BCUT2D eigenvalue weighted by Crippen LogP contribution is -2.10. The number of nitrogens with two attached hydrogens (primary N) is 1. The highest BCUT2D eigenvalue weighted by Crippen LogP contribution is 2.23. The Labute approximate surface area is 170 Å². The molecule has 0 atom stereocenters. The van der Waals surface area contributed by atoms with Crippen molar-refractivity contribution in [1.82, 2.24) is 15.0 Å². The third kappa shape index (κ3) is 4.58. The molecule has 0 spiro atoms. The van der Waals surface area contributed by atoms with Gasteiger partial charge in [-0.2, -0.15) is 15.0 Å². The number of ether oxygens (including phenoxy) is 1. The van der Waals surface area contributed by atoms with Crippen LogP contribution in [0, 0.1) is 5.82 Å². The van der Waals surface area contributed by atoms with E-state index < -0.39 is 5.97 Å². The lowest BCUT2D eigenvalue weighted by Gasteiger charge is -2.07. The second kappa shape index (κ2) is 8.39. The van der Waals surface area contributed by atoms with Gasteiger partial charge in [-0.1, -0.05) is 18.2 Å². The minimum absolute atomic E-state index is 0.000938. The summed E-state index contributed by atoms with van der Waals surface area (Å²) >= 11 is 0. The van der Waals surface area contributed by atoms with Gasteiger partial charge in [-0.05, 0) is 48.5 Å². The van der Waals surface area contributed by atoms with Crippen LogP contribution in [0.2, 0.25) is 0 Å². The number of hydrogen-bond acceptors (Lipinski definition) is 8. The van der Waals surface area contributed by atoms with Gasteiger partial charge in [0.2, 0.25) is 17.7 Å². The molecule has 0 aliphatic carbocycles. The molecule has 2 aromatic carbocycles. The van der Waals surface area contributed by atoms with Crippen LogP contribution in [-0.4, -0.2) is 20.9 Å². The van der Waals surface area contributed by atoms with Crippen LogP contribution in [0.3, 0.4) is 0 Å². The van der Waals surface area contributed by atoms with Crippen LogP contribution in [-0.2, 0) is 11.3 Å². The number of rotatable bonds is 6. The van der Waals surface area contributed by atoms with E-state index in [1.54, 1.807) is 18.2 Å². The molecule has 150 valence electrons. The van der Waals surface area contributed by atoms with E-state index >= 15 is 0 Å². The van der Waals surface area contributed by atoms with E-state index in [-0.39, 0.29) is 35.9 Å². The van der Waals surface area contributed by atoms with Crippen LogP contribution in [0.1, 0.15) is 16.4 Å². The number of furan rings is 1. The molecule has 0 saturated carbocycles. The maximum atomic E-state index is 13.0. The van der Waals surface area contributed by atoms with E-state index in [2.05, 4.69) is 20.3 Å². The number of esters is 1. The molecule has 0 bridgehead atoms. The lowest BCUT2D eigenvalue weighted by atomic mass is 10.2. The molecule has 0 unspecified atom stereocenters. The molecule has 4 rings (SSSR count). The third-order valence-electron chi connectivity index (χ3n) is 4.00. The highest BCUT2D eigenvalue weighted by molar-refractivity contribution is 5.87. The molecule has 4 aromatic rings. The van der Waals surface area contributed by atoms with Gasteiger partial charge in [0.15, 0.2) is 12.4 Å². The first-order valence-corrected chi connectivity index (χ1v) is 8.92. The second-order valence-corrected chi connectivity index (χ2v) is 6.17. The van der Waals surface area contributed by atoms with E-state index in [9.17, 15) is 9.18 Å². The molecule has 3 N–H and O–H groups in total. The molecule has 9 heteroatoms. The number of para-hydroxylation sites is 1. The summed E-state index contributed by atoms with van der Waals surface area (Å²) in [5, 5.41) is 3.00. The Hall–Kier alpha value is -4.27. The van der Waals surface area contributed by atoms with Crippen molar-refractivity contribution in [1.29, 1.82) is 0 Å². The normalized spacial score (nSPS) is 10.6. The van der Waals surface area contributed by atoms with Crippen LogP contribution in [0.25, 0.3) is 11.3 Å². The Balaban J connectivity index is 1.42. The Morgan fingerprint density at radius 2 is 1.77 bits per heavy atom. The largest absolute Gasteiger partial charge is 0.452 e. The summed E-state index contributed by atoms with van der Waals surface area (Å²) in [5.74, 6) is -0.232. The molecule has 30 heavy (non-hydrogen) atoms. The molecule has 0 amide bonds. The number of anilines is 3. The fourth-order valence-electron chi connectivity index (χ4n) is 2.63. The average Bonchev–Trinajstić information content (AvgIpc) is 3.23.